The van der Waals surface area contributed by atoms with Gasteiger partial charge in [0.1, 0.15) is 6.17 Å². The van der Waals surface area contributed by atoms with E-state index in [-0.39, 0.29) is 18.1 Å². The van der Waals surface area contributed by atoms with Gasteiger partial charge in [-0.1, -0.05) is 6.92 Å². The van der Waals surface area contributed by atoms with Crippen molar-refractivity contribution in [3.05, 3.63) is 22.4 Å². The fraction of sp³-hybridized carbons (Fsp3) is 0.667. The van der Waals surface area contributed by atoms with Crippen LogP contribution in [0.25, 0.3) is 0 Å². The predicted molar refractivity (Wildman–Crippen MR) is 86.6 cm³/mol. The zero-order valence-electron chi connectivity index (χ0n) is 12.5. The van der Waals surface area contributed by atoms with Gasteiger partial charge in [-0.3, -0.25) is 14.3 Å². The molecular weight excluding hydrogens is 304 g/mol. The lowest BCUT2D eigenvalue weighted by atomic mass is 9.98. The minimum atomic E-state index is -0.698. The quantitative estimate of drug-likeness (QED) is 0.927. The molecule has 0 spiro atoms. The normalized spacial score (nSPS) is 37.1. The van der Waals surface area contributed by atoms with Crippen LogP contribution in [0.1, 0.15) is 44.8 Å². The molecule has 0 aliphatic carbocycles. The van der Waals surface area contributed by atoms with Gasteiger partial charge in [-0.05, 0) is 48.6 Å². The molecule has 2 unspecified atom stereocenters. The number of hydrogen-bond acceptors (Lipinski definition) is 4. The number of amides is 1. The van der Waals surface area contributed by atoms with E-state index >= 15 is 0 Å². The molecule has 1 amide bonds. The van der Waals surface area contributed by atoms with Crippen molar-refractivity contribution in [3.8, 4) is 0 Å². The van der Waals surface area contributed by atoms with Gasteiger partial charge in [0.2, 0.25) is 5.91 Å². The molecule has 1 aromatic rings. The monoisotopic (exact) mass is 326 g/mol. The van der Waals surface area contributed by atoms with Gasteiger partial charge in [0.15, 0.2) is 0 Å². The second kappa shape index (κ2) is 5.82. The summed E-state index contributed by atoms with van der Waals surface area (Å²) in [5.41, 5.74) is 0.681. The van der Waals surface area contributed by atoms with E-state index in [2.05, 4.69) is 29.1 Å². The van der Waals surface area contributed by atoms with E-state index in [1.165, 1.54) is 0 Å². The van der Waals surface area contributed by atoms with Crippen molar-refractivity contribution >= 4 is 28.0 Å². The maximum absolute atomic E-state index is 12.9. The van der Waals surface area contributed by atoms with Crippen LogP contribution in [0.2, 0.25) is 0 Å². The number of carbonyl (C=O) groups is 1. The summed E-state index contributed by atoms with van der Waals surface area (Å²) in [6, 6.07) is 2.30. The molecule has 3 heterocycles. The molecule has 2 atom stereocenters. The topological polar surface area (TPSA) is 49.4 Å². The summed E-state index contributed by atoms with van der Waals surface area (Å²) in [5.74, 6) is 1.63. The lowest BCUT2D eigenvalue weighted by Crippen LogP contribution is -2.46. The van der Waals surface area contributed by atoms with E-state index in [1.54, 1.807) is 11.3 Å². The third-order valence-electron chi connectivity index (χ3n) is 4.76. The molecule has 2 aliphatic rings. The van der Waals surface area contributed by atoms with E-state index < -0.39 is 16.3 Å². The molecule has 4 nitrogen and oxygen atoms in total. The number of hydrogen-bond donors (Lipinski definition) is 1. The third kappa shape index (κ3) is 2.69. The smallest absolute Gasteiger partial charge is 0.244 e. The number of nitrogens with zero attached hydrogens (tertiary/aromatic N) is 1. The van der Waals surface area contributed by atoms with Gasteiger partial charge in [0.05, 0.1) is 5.54 Å². The summed E-state index contributed by atoms with van der Waals surface area (Å²) in [7, 11) is -0.698. The molecular formula is C15H22N2O2S2. The Hall–Kier alpha value is -0.720. The van der Waals surface area contributed by atoms with E-state index in [0.717, 1.165) is 24.8 Å². The minimum absolute atomic E-state index is 0.0368. The highest BCUT2D eigenvalue weighted by Crippen LogP contribution is 2.37. The minimum Gasteiger partial charge on any atom is -0.318 e. The highest BCUT2D eigenvalue weighted by molar-refractivity contribution is 7.85. The molecule has 2 saturated heterocycles. The van der Waals surface area contributed by atoms with E-state index in [4.69, 9.17) is 0 Å². The van der Waals surface area contributed by atoms with Crippen LogP contribution >= 0.6 is 11.3 Å². The average molecular weight is 326 g/mol. The molecule has 1 N–H and O–H groups in total. The van der Waals surface area contributed by atoms with Crippen molar-refractivity contribution in [2.24, 2.45) is 0 Å². The number of thiophene rings is 1. The summed E-state index contributed by atoms with van der Waals surface area (Å²) >= 11 is 1.66. The standard InChI is InChI=1S/C15H22N2O2S2/c1-3-15(2)14(18)17(12-5-8-21(19)9-6-12)13(16-15)11-4-7-20-10-11/h4,7,10,12-13,16H,3,5-6,8-9H2,1-2H3. The van der Waals surface area contributed by atoms with Crippen molar-refractivity contribution in [2.45, 2.75) is 50.9 Å². The number of nitrogens with one attached hydrogen (secondary N) is 1. The van der Waals surface area contributed by atoms with Gasteiger partial charge in [0.25, 0.3) is 0 Å². The van der Waals surface area contributed by atoms with Gasteiger partial charge in [0, 0.05) is 28.3 Å². The molecule has 3 rings (SSSR count). The predicted octanol–water partition coefficient (Wildman–Crippen LogP) is 2.26. The van der Waals surface area contributed by atoms with Gasteiger partial charge in [-0.2, -0.15) is 11.3 Å². The molecule has 116 valence electrons. The highest BCUT2D eigenvalue weighted by atomic mass is 32.2. The molecule has 21 heavy (non-hydrogen) atoms. The summed E-state index contributed by atoms with van der Waals surface area (Å²) in [6.07, 6.45) is 2.44. The SMILES string of the molecule is CCC1(C)NC(c2ccsc2)N(C2CCS(=O)CC2)C1=O. The molecule has 2 aliphatic heterocycles. The van der Waals surface area contributed by atoms with Crippen molar-refractivity contribution in [3.63, 3.8) is 0 Å². The zero-order valence-corrected chi connectivity index (χ0v) is 14.1. The fourth-order valence-corrected chi connectivity index (χ4v) is 5.15. The Bertz CT molecular complexity index is 536. The van der Waals surface area contributed by atoms with Gasteiger partial charge in [-0.25, -0.2) is 0 Å². The first-order valence-electron chi connectivity index (χ1n) is 7.52. The molecule has 0 bridgehead atoms. The molecule has 0 aromatic carbocycles. The van der Waals surface area contributed by atoms with Crippen molar-refractivity contribution in [1.82, 2.24) is 10.2 Å². The van der Waals surface area contributed by atoms with Crippen LogP contribution in [0.3, 0.4) is 0 Å². The average Bonchev–Trinajstić information content (AvgIpc) is 3.09. The number of carbonyl (C=O) groups excluding carboxylic acids is 1. The van der Waals surface area contributed by atoms with Crippen LogP contribution in [0.4, 0.5) is 0 Å². The molecule has 0 radical (unpaired) electrons. The van der Waals surface area contributed by atoms with Crippen LogP contribution in [-0.2, 0) is 15.6 Å². The van der Waals surface area contributed by atoms with Crippen molar-refractivity contribution in [2.75, 3.05) is 11.5 Å². The molecule has 0 saturated carbocycles. The van der Waals surface area contributed by atoms with E-state index in [0.29, 0.717) is 11.5 Å². The molecule has 1 aromatic heterocycles. The van der Waals surface area contributed by atoms with Crippen molar-refractivity contribution < 1.29 is 9.00 Å². The van der Waals surface area contributed by atoms with Crippen LogP contribution in [-0.4, -0.2) is 38.1 Å². The maximum Gasteiger partial charge on any atom is 0.244 e. The second-order valence-electron chi connectivity index (χ2n) is 6.08. The number of rotatable bonds is 3. The van der Waals surface area contributed by atoms with Gasteiger partial charge < -0.3 is 4.90 Å². The Morgan fingerprint density at radius 2 is 2.19 bits per heavy atom. The summed E-state index contributed by atoms with van der Waals surface area (Å²) < 4.78 is 11.6. The first kappa shape index (κ1) is 15.2. The van der Waals surface area contributed by atoms with E-state index in [9.17, 15) is 9.00 Å². The van der Waals surface area contributed by atoms with Crippen LogP contribution in [0, 0.1) is 0 Å². The molecule has 2 fully saturated rings. The van der Waals surface area contributed by atoms with Gasteiger partial charge >= 0.3 is 0 Å². The Morgan fingerprint density at radius 3 is 2.76 bits per heavy atom. The van der Waals surface area contributed by atoms with Gasteiger partial charge in [-0.15, -0.1) is 0 Å². The summed E-state index contributed by atoms with van der Waals surface area (Å²) in [6.45, 7) is 4.05. The second-order valence-corrected chi connectivity index (χ2v) is 8.56. The zero-order chi connectivity index (χ0) is 15.0. The Kier molecular flexibility index (Phi) is 4.21. The third-order valence-corrected chi connectivity index (χ3v) is 6.84. The Labute approximate surface area is 132 Å². The lowest BCUT2D eigenvalue weighted by Gasteiger charge is -2.35. The Morgan fingerprint density at radius 1 is 1.48 bits per heavy atom. The van der Waals surface area contributed by atoms with Crippen molar-refractivity contribution in [1.29, 1.82) is 0 Å². The summed E-state index contributed by atoms with van der Waals surface area (Å²) in [4.78, 5) is 15.0. The van der Waals surface area contributed by atoms with Crippen LogP contribution in [0.15, 0.2) is 16.8 Å². The summed E-state index contributed by atoms with van der Waals surface area (Å²) in [5, 5.41) is 7.70. The Balaban J connectivity index is 1.90. The highest BCUT2D eigenvalue weighted by Gasteiger charge is 2.49. The first-order valence-corrected chi connectivity index (χ1v) is 9.96. The maximum atomic E-state index is 12.9. The fourth-order valence-electron chi connectivity index (χ4n) is 3.20. The van der Waals surface area contributed by atoms with Crippen LogP contribution < -0.4 is 5.32 Å². The van der Waals surface area contributed by atoms with E-state index in [1.807, 2.05) is 11.8 Å². The largest absolute Gasteiger partial charge is 0.318 e. The van der Waals surface area contributed by atoms with Crippen LogP contribution in [0.5, 0.6) is 0 Å². The lowest BCUT2D eigenvalue weighted by molar-refractivity contribution is -0.135. The molecule has 6 heteroatoms. The first-order chi connectivity index (χ1) is 10.0.